The van der Waals surface area contributed by atoms with E-state index >= 15 is 0 Å². The molecule has 1 aromatic heterocycles. The van der Waals surface area contributed by atoms with E-state index in [4.69, 9.17) is 10.1 Å². The number of nitriles is 1. The fourth-order valence-electron chi connectivity index (χ4n) is 1.82. The van der Waals surface area contributed by atoms with Crippen LogP contribution in [-0.4, -0.2) is 16.9 Å². The first kappa shape index (κ1) is 12.1. The molecule has 0 atom stereocenters. The van der Waals surface area contributed by atoms with Gasteiger partial charge < -0.3 is 0 Å². The van der Waals surface area contributed by atoms with Gasteiger partial charge in [0.25, 0.3) is 0 Å². The lowest BCUT2D eigenvalue weighted by Crippen LogP contribution is -2.01. The Morgan fingerprint density at radius 2 is 1.94 bits per heavy atom. The summed E-state index contributed by atoms with van der Waals surface area (Å²) in [4.78, 5) is 4.93. The summed E-state index contributed by atoms with van der Waals surface area (Å²) < 4.78 is 1.82. The molecular weight excluding hydrogens is 228 g/mol. The van der Waals surface area contributed by atoms with E-state index in [-0.39, 0.29) is 0 Å². The normalized spacial score (nSPS) is 10.1. The smallest absolute Gasteiger partial charge is 0.105 e. The number of anilines is 1. The predicted molar refractivity (Wildman–Crippen MR) is 68.4 cm³/mol. The first-order valence-electron chi connectivity index (χ1n) is 5.53. The third-order valence-electron chi connectivity index (χ3n) is 2.74. The number of aromatic nitrogens is 2. The molecule has 0 aliphatic carbocycles. The fourth-order valence-corrected chi connectivity index (χ4v) is 1.82. The van der Waals surface area contributed by atoms with Crippen LogP contribution in [0.5, 0.6) is 0 Å². The molecule has 0 amide bonds. The Hall–Kier alpha value is -2.32. The average Bonchev–Trinajstić information content (AvgIpc) is 2.67. The zero-order valence-corrected chi connectivity index (χ0v) is 10.6. The summed E-state index contributed by atoms with van der Waals surface area (Å²) >= 11 is 0. The molecule has 0 spiro atoms. The van der Waals surface area contributed by atoms with Crippen LogP contribution in [0.4, 0.5) is 5.69 Å². The Morgan fingerprint density at radius 3 is 2.50 bits per heavy atom. The van der Waals surface area contributed by atoms with Crippen LogP contribution in [0.15, 0.2) is 24.3 Å². The van der Waals surface area contributed by atoms with Gasteiger partial charge in [0.1, 0.15) is 5.69 Å². The van der Waals surface area contributed by atoms with Crippen LogP contribution >= 0.6 is 0 Å². The number of nitrogens with zero attached hydrogens (tertiary/aromatic N) is 3. The standard InChI is InChI=1S/C13H14N4O/c1-9-13(16-18-3)10(2)17(15-9)12-6-4-11(8-14)5-7-12/h4-7,16H,1-3H3. The maximum absolute atomic E-state index is 8.77. The van der Waals surface area contributed by atoms with Gasteiger partial charge in [-0.25, -0.2) is 4.68 Å². The number of hydrogen-bond donors (Lipinski definition) is 1. The van der Waals surface area contributed by atoms with E-state index in [2.05, 4.69) is 16.6 Å². The van der Waals surface area contributed by atoms with Crippen LogP contribution in [0, 0.1) is 25.2 Å². The molecule has 5 heteroatoms. The fraction of sp³-hybridized carbons (Fsp3) is 0.231. The van der Waals surface area contributed by atoms with Gasteiger partial charge in [-0.1, -0.05) is 0 Å². The Labute approximate surface area is 106 Å². The highest BCUT2D eigenvalue weighted by molar-refractivity contribution is 5.53. The monoisotopic (exact) mass is 242 g/mol. The molecule has 2 aromatic rings. The number of hydrogen-bond acceptors (Lipinski definition) is 4. The third-order valence-corrected chi connectivity index (χ3v) is 2.74. The first-order chi connectivity index (χ1) is 8.67. The molecule has 92 valence electrons. The summed E-state index contributed by atoms with van der Waals surface area (Å²) in [6.45, 7) is 3.87. The SMILES string of the molecule is CONc1c(C)nn(-c2ccc(C#N)cc2)c1C. The topological polar surface area (TPSA) is 62.9 Å². The highest BCUT2D eigenvalue weighted by atomic mass is 16.6. The van der Waals surface area contributed by atoms with Gasteiger partial charge in [-0.3, -0.25) is 10.3 Å². The zero-order valence-electron chi connectivity index (χ0n) is 10.6. The van der Waals surface area contributed by atoms with Crippen molar-refractivity contribution in [1.82, 2.24) is 9.78 Å². The summed E-state index contributed by atoms with van der Waals surface area (Å²) in [6, 6.07) is 9.38. The van der Waals surface area contributed by atoms with E-state index in [1.54, 1.807) is 19.2 Å². The summed E-state index contributed by atoms with van der Waals surface area (Å²) in [5, 5.41) is 13.2. The summed E-state index contributed by atoms with van der Waals surface area (Å²) in [5.74, 6) is 0. The molecule has 1 aromatic carbocycles. The zero-order chi connectivity index (χ0) is 13.1. The van der Waals surface area contributed by atoms with Gasteiger partial charge in [-0.15, -0.1) is 0 Å². The van der Waals surface area contributed by atoms with Crippen molar-refractivity contribution in [3.8, 4) is 11.8 Å². The molecule has 0 radical (unpaired) electrons. The quantitative estimate of drug-likeness (QED) is 0.839. The number of benzene rings is 1. The lowest BCUT2D eigenvalue weighted by Gasteiger charge is -2.05. The molecular formula is C13H14N4O. The molecule has 1 heterocycles. The third kappa shape index (κ3) is 2.06. The highest BCUT2D eigenvalue weighted by Crippen LogP contribution is 2.22. The minimum atomic E-state index is 0.635. The van der Waals surface area contributed by atoms with E-state index in [1.807, 2.05) is 30.7 Å². The van der Waals surface area contributed by atoms with Crippen molar-refractivity contribution in [3.63, 3.8) is 0 Å². The molecule has 1 N–H and O–H groups in total. The average molecular weight is 242 g/mol. The molecule has 0 unspecified atom stereocenters. The van der Waals surface area contributed by atoms with Crippen LogP contribution in [-0.2, 0) is 4.84 Å². The van der Waals surface area contributed by atoms with Crippen molar-refractivity contribution in [2.24, 2.45) is 0 Å². The Bertz CT molecular complexity index is 593. The molecule has 2 rings (SSSR count). The van der Waals surface area contributed by atoms with Crippen molar-refractivity contribution >= 4 is 5.69 Å². The lowest BCUT2D eigenvalue weighted by molar-refractivity contribution is 0.270. The van der Waals surface area contributed by atoms with E-state index in [0.29, 0.717) is 5.56 Å². The van der Waals surface area contributed by atoms with Crippen molar-refractivity contribution in [3.05, 3.63) is 41.2 Å². The Balaban J connectivity index is 2.44. The second-order valence-electron chi connectivity index (χ2n) is 3.92. The van der Waals surface area contributed by atoms with E-state index in [1.165, 1.54) is 0 Å². The van der Waals surface area contributed by atoms with Gasteiger partial charge in [0.15, 0.2) is 0 Å². The van der Waals surface area contributed by atoms with Gasteiger partial charge in [-0.2, -0.15) is 10.4 Å². The van der Waals surface area contributed by atoms with Crippen LogP contribution in [0.1, 0.15) is 17.0 Å². The van der Waals surface area contributed by atoms with Gasteiger partial charge in [0.2, 0.25) is 0 Å². The predicted octanol–water partition coefficient (Wildman–Crippen LogP) is 2.33. The second kappa shape index (κ2) is 4.90. The van der Waals surface area contributed by atoms with Gasteiger partial charge >= 0.3 is 0 Å². The van der Waals surface area contributed by atoms with E-state index < -0.39 is 0 Å². The molecule has 18 heavy (non-hydrogen) atoms. The van der Waals surface area contributed by atoms with Gasteiger partial charge in [0, 0.05) is 0 Å². The second-order valence-corrected chi connectivity index (χ2v) is 3.92. The van der Waals surface area contributed by atoms with Gasteiger partial charge in [0.05, 0.1) is 35.8 Å². The van der Waals surface area contributed by atoms with Crippen LogP contribution < -0.4 is 5.48 Å². The van der Waals surface area contributed by atoms with Crippen LogP contribution in [0.3, 0.4) is 0 Å². The molecule has 0 aliphatic rings. The molecule has 0 fully saturated rings. The van der Waals surface area contributed by atoms with Crippen molar-refractivity contribution in [2.45, 2.75) is 13.8 Å². The number of nitrogens with one attached hydrogen (secondary N) is 1. The summed E-state index contributed by atoms with van der Waals surface area (Å²) in [6.07, 6.45) is 0. The Kier molecular flexibility index (Phi) is 3.31. The maximum Gasteiger partial charge on any atom is 0.105 e. The minimum Gasteiger partial charge on any atom is -0.279 e. The lowest BCUT2D eigenvalue weighted by atomic mass is 10.2. The number of rotatable bonds is 3. The minimum absolute atomic E-state index is 0.635. The first-order valence-corrected chi connectivity index (χ1v) is 5.53. The Morgan fingerprint density at radius 1 is 1.28 bits per heavy atom. The summed E-state index contributed by atoms with van der Waals surface area (Å²) in [7, 11) is 1.57. The van der Waals surface area contributed by atoms with Crippen molar-refractivity contribution in [1.29, 1.82) is 5.26 Å². The molecule has 5 nitrogen and oxygen atoms in total. The molecule has 0 saturated heterocycles. The van der Waals surface area contributed by atoms with Gasteiger partial charge in [-0.05, 0) is 38.1 Å². The highest BCUT2D eigenvalue weighted by Gasteiger charge is 2.12. The largest absolute Gasteiger partial charge is 0.279 e. The maximum atomic E-state index is 8.77. The van der Waals surface area contributed by atoms with Crippen molar-refractivity contribution in [2.75, 3.05) is 12.6 Å². The van der Waals surface area contributed by atoms with Crippen LogP contribution in [0.25, 0.3) is 5.69 Å². The van der Waals surface area contributed by atoms with Crippen LogP contribution in [0.2, 0.25) is 0 Å². The van der Waals surface area contributed by atoms with E-state index in [0.717, 1.165) is 22.8 Å². The molecule has 0 aliphatic heterocycles. The molecule has 0 saturated carbocycles. The van der Waals surface area contributed by atoms with E-state index in [9.17, 15) is 0 Å². The molecule has 0 bridgehead atoms. The number of aryl methyl sites for hydroxylation is 1. The van der Waals surface area contributed by atoms with Crippen molar-refractivity contribution < 1.29 is 4.84 Å². The summed E-state index contributed by atoms with van der Waals surface area (Å²) in [5.41, 5.74) is 7.05.